The van der Waals surface area contributed by atoms with Gasteiger partial charge in [0.1, 0.15) is 12.4 Å². The van der Waals surface area contributed by atoms with Gasteiger partial charge in [0.2, 0.25) is 5.91 Å². The van der Waals surface area contributed by atoms with E-state index in [0.717, 1.165) is 22.4 Å². The van der Waals surface area contributed by atoms with Crippen molar-refractivity contribution in [2.45, 2.75) is 13.2 Å². The number of amides is 1. The lowest BCUT2D eigenvalue weighted by Gasteiger charge is -2.06. The molecule has 0 bridgehead atoms. The number of nitrogens with zero attached hydrogens (tertiary/aromatic N) is 2. The van der Waals surface area contributed by atoms with Gasteiger partial charge in [0.15, 0.2) is 0 Å². The van der Waals surface area contributed by atoms with Gasteiger partial charge in [-0.05, 0) is 48.0 Å². The van der Waals surface area contributed by atoms with E-state index in [1.807, 2.05) is 60.7 Å². The topological polar surface area (TPSA) is 77.2 Å². The van der Waals surface area contributed by atoms with Gasteiger partial charge < -0.3 is 14.5 Å². The molecule has 1 N–H and O–H groups in total. The van der Waals surface area contributed by atoms with Gasteiger partial charge in [-0.1, -0.05) is 24.3 Å². The number of para-hydroxylation sites is 2. The smallest absolute Gasteiger partial charge is 0.248 e. The minimum absolute atomic E-state index is 0.242. The van der Waals surface area contributed by atoms with E-state index in [9.17, 15) is 4.79 Å². The highest BCUT2D eigenvalue weighted by Gasteiger charge is 2.02. The highest BCUT2D eigenvalue weighted by molar-refractivity contribution is 6.01. The summed E-state index contributed by atoms with van der Waals surface area (Å²) in [6, 6.07) is 18.8. The number of furan rings is 1. The molecule has 2 heterocycles. The molecular weight excluding hydrogens is 366 g/mol. The van der Waals surface area contributed by atoms with Crippen LogP contribution in [-0.4, -0.2) is 15.9 Å². The summed E-state index contributed by atoms with van der Waals surface area (Å²) in [4.78, 5) is 21.0. The lowest BCUT2D eigenvalue weighted by Crippen LogP contribution is -2.08. The number of ether oxygens (including phenoxy) is 1. The predicted octanol–water partition coefficient (Wildman–Crippen LogP) is 4.59. The van der Waals surface area contributed by atoms with Crippen LogP contribution >= 0.6 is 0 Å². The predicted molar refractivity (Wildman–Crippen MR) is 111 cm³/mol. The Hall–Kier alpha value is -3.77. The van der Waals surface area contributed by atoms with E-state index in [-0.39, 0.29) is 5.91 Å². The molecule has 6 heteroatoms. The maximum atomic E-state index is 12.2. The zero-order chi connectivity index (χ0) is 19.9. The zero-order valence-electron chi connectivity index (χ0n) is 15.6. The molecular formula is C23H19N3O3. The molecule has 0 radical (unpaired) electrons. The molecule has 2 aromatic heterocycles. The SMILES string of the molecule is O=C(C=Cc1cnc2ccccc2n1)Nc1cccc(COCc2ccco2)c1. The summed E-state index contributed by atoms with van der Waals surface area (Å²) in [5.74, 6) is 0.532. The molecule has 0 unspecified atom stereocenters. The lowest BCUT2D eigenvalue weighted by atomic mass is 10.2. The van der Waals surface area contributed by atoms with Crippen LogP contribution in [0.25, 0.3) is 17.1 Å². The number of hydrogen-bond donors (Lipinski definition) is 1. The van der Waals surface area contributed by atoms with Gasteiger partial charge in [-0.3, -0.25) is 9.78 Å². The number of rotatable bonds is 7. The Morgan fingerprint density at radius 1 is 1.03 bits per heavy atom. The lowest BCUT2D eigenvalue weighted by molar-refractivity contribution is -0.111. The highest BCUT2D eigenvalue weighted by Crippen LogP contribution is 2.14. The van der Waals surface area contributed by atoms with Gasteiger partial charge in [0, 0.05) is 11.8 Å². The fraction of sp³-hybridized carbons (Fsp3) is 0.0870. The standard InChI is InChI=1S/C23H19N3O3/c27-23(11-10-19-14-24-21-8-1-2-9-22(21)25-19)26-18-6-3-5-17(13-18)15-28-16-20-7-4-12-29-20/h1-14H,15-16H2,(H,26,27). The molecule has 0 aliphatic carbocycles. The number of benzene rings is 2. The Morgan fingerprint density at radius 3 is 2.79 bits per heavy atom. The Labute approximate surface area is 167 Å². The third kappa shape index (κ3) is 5.15. The van der Waals surface area contributed by atoms with Gasteiger partial charge in [-0.25, -0.2) is 4.98 Å². The number of anilines is 1. The van der Waals surface area contributed by atoms with Crippen LogP contribution in [0.5, 0.6) is 0 Å². The first-order valence-electron chi connectivity index (χ1n) is 9.16. The molecule has 29 heavy (non-hydrogen) atoms. The second-order valence-electron chi connectivity index (χ2n) is 6.38. The van der Waals surface area contributed by atoms with E-state index in [1.165, 1.54) is 6.08 Å². The van der Waals surface area contributed by atoms with Crippen LogP contribution in [0.15, 0.2) is 83.6 Å². The number of carbonyl (C=O) groups excluding carboxylic acids is 1. The zero-order valence-corrected chi connectivity index (χ0v) is 15.6. The summed E-state index contributed by atoms with van der Waals surface area (Å²) in [6.45, 7) is 0.825. The first-order valence-corrected chi connectivity index (χ1v) is 9.16. The fourth-order valence-corrected chi connectivity index (χ4v) is 2.80. The molecule has 144 valence electrons. The number of fused-ring (bicyclic) bond motifs is 1. The van der Waals surface area contributed by atoms with Crippen molar-refractivity contribution in [1.29, 1.82) is 0 Å². The van der Waals surface area contributed by atoms with Gasteiger partial charge in [0.25, 0.3) is 0 Å². The van der Waals surface area contributed by atoms with E-state index < -0.39 is 0 Å². The van der Waals surface area contributed by atoms with Crippen LogP contribution in [0.3, 0.4) is 0 Å². The summed E-state index contributed by atoms with van der Waals surface area (Å²) in [6.07, 6.45) is 6.35. The quantitative estimate of drug-likeness (QED) is 0.471. The van der Waals surface area contributed by atoms with Crippen LogP contribution in [0.1, 0.15) is 17.0 Å². The highest BCUT2D eigenvalue weighted by atomic mass is 16.5. The Morgan fingerprint density at radius 2 is 1.93 bits per heavy atom. The van der Waals surface area contributed by atoms with E-state index >= 15 is 0 Å². The monoisotopic (exact) mass is 385 g/mol. The minimum Gasteiger partial charge on any atom is -0.467 e. The van der Waals surface area contributed by atoms with Crippen LogP contribution in [0.2, 0.25) is 0 Å². The molecule has 0 spiro atoms. The maximum Gasteiger partial charge on any atom is 0.248 e. The molecule has 4 rings (SSSR count). The van der Waals surface area contributed by atoms with Crippen LogP contribution < -0.4 is 5.32 Å². The minimum atomic E-state index is -0.242. The summed E-state index contributed by atoms with van der Waals surface area (Å²) in [7, 11) is 0. The van der Waals surface area contributed by atoms with E-state index in [1.54, 1.807) is 18.5 Å². The first kappa shape index (κ1) is 18.6. The Balaban J connectivity index is 1.34. The molecule has 2 aromatic carbocycles. The molecule has 0 saturated heterocycles. The van der Waals surface area contributed by atoms with Gasteiger partial charge in [0.05, 0.1) is 35.8 Å². The molecule has 0 aliphatic heterocycles. The van der Waals surface area contributed by atoms with Gasteiger partial charge >= 0.3 is 0 Å². The average molecular weight is 385 g/mol. The van der Waals surface area contributed by atoms with E-state index in [0.29, 0.717) is 24.6 Å². The molecule has 6 nitrogen and oxygen atoms in total. The number of nitrogens with one attached hydrogen (secondary N) is 1. The largest absolute Gasteiger partial charge is 0.467 e. The van der Waals surface area contributed by atoms with Crippen molar-refractivity contribution < 1.29 is 13.9 Å². The van der Waals surface area contributed by atoms with Crippen molar-refractivity contribution >= 4 is 28.7 Å². The van der Waals surface area contributed by atoms with Crippen LogP contribution in [-0.2, 0) is 22.7 Å². The Bertz CT molecular complexity index is 1140. The first-order chi connectivity index (χ1) is 14.3. The van der Waals surface area contributed by atoms with Crippen LogP contribution in [0.4, 0.5) is 5.69 Å². The molecule has 4 aromatic rings. The van der Waals surface area contributed by atoms with Crippen molar-refractivity contribution in [2.24, 2.45) is 0 Å². The Kier molecular flexibility index (Phi) is 5.73. The summed E-state index contributed by atoms with van der Waals surface area (Å²) >= 11 is 0. The summed E-state index contributed by atoms with van der Waals surface area (Å²) < 4.78 is 10.9. The van der Waals surface area contributed by atoms with Crippen molar-refractivity contribution in [3.8, 4) is 0 Å². The molecule has 1 amide bonds. The molecule has 0 fully saturated rings. The second kappa shape index (κ2) is 8.95. The fourth-order valence-electron chi connectivity index (χ4n) is 2.80. The number of carbonyl (C=O) groups is 1. The second-order valence-corrected chi connectivity index (χ2v) is 6.38. The van der Waals surface area contributed by atoms with Crippen molar-refractivity contribution in [3.05, 3.63) is 96.2 Å². The number of hydrogen-bond acceptors (Lipinski definition) is 5. The van der Waals surface area contributed by atoms with Crippen molar-refractivity contribution in [1.82, 2.24) is 9.97 Å². The van der Waals surface area contributed by atoms with Gasteiger partial charge in [-0.15, -0.1) is 0 Å². The third-order valence-corrected chi connectivity index (χ3v) is 4.16. The summed E-state index contributed by atoms with van der Waals surface area (Å²) in [5.41, 5.74) is 3.89. The normalized spacial score (nSPS) is 11.2. The van der Waals surface area contributed by atoms with Crippen LogP contribution in [0, 0.1) is 0 Å². The van der Waals surface area contributed by atoms with Crippen molar-refractivity contribution in [3.63, 3.8) is 0 Å². The summed E-state index contributed by atoms with van der Waals surface area (Å²) in [5, 5.41) is 2.85. The maximum absolute atomic E-state index is 12.2. The van der Waals surface area contributed by atoms with E-state index in [4.69, 9.17) is 9.15 Å². The van der Waals surface area contributed by atoms with Gasteiger partial charge in [-0.2, -0.15) is 0 Å². The third-order valence-electron chi connectivity index (χ3n) is 4.16. The molecule has 0 aliphatic rings. The molecule has 0 atom stereocenters. The molecule has 0 saturated carbocycles. The average Bonchev–Trinajstić information content (AvgIpc) is 3.26. The number of aromatic nitrogens is 2. The van der Waals surface area contributed by atoms with E-state index in [2.05, 4.69) is 15.3 Å². The van der Waals surface area contributed by atoms with Crippen molar-refractivity contribution in [2.75, 3.05) is 5.32 Å².